The zero-order chi connectivity index (χ0) is 13.2. The van der Waals surface area contributed by atoms with Gasteiger partial charge in [-0.05, 0) is 36.8 Å². The van der Waals surface area contributed by atoms with Gasteiger partial charge in [-0.2, -0.15) is 0 Å². The second-order valence-corrected chi connectivity index (χ2v) is 6.50. The molecule has 1 aromatic rings. The van der Waals surface area contributed by atoms with Crippen LogP contribution in [0.5, 0.6) is 0 Å². The maximum atomic E-state index is 12.2. The smallest absolute Gasteiger partial charge is 0.244 e. The van der Waals surface area contributed by atoms with E-state index in [-0.39, 0.29) is 4.90 Å². The van der Waals surface area contributed by atoms with Crippen LogP contribution in [-0.4, -0.2) is 27.0 Å². The number of hydrogen-bond acceptors (Lipinski definition) is 4. The maximum Gasteiger partial charge on any atom is 0.244 e. The Morgan fingerprint density at radius 2 is 2.22 bits per heavy atom. The molecule has 0 aromatic carbocycles. The van der Waals surface area contributed by atoms with E-state index in [0.29, 0.717) is 24.2 Å². The monoisotopic (exact) mass is 269 g/mol. The Morgan fingerprint density at radius 1 is 1.50 bits per heavy atom. The molecule has 1 fully saturated rings. The highest BCUT2D eigenvalue weighted by molar-refractivity contribution is 7.89. The lowest BCUT2D eigenvalue weighted by Gasteiger charge is -2.13. The van der Waals surface area contributed by atoms with Crippen LogP contribution in [0, 0.1) is 11.8 Å². The molecular formula is C12H19N3O2S. The van der Waals surface area contributed by atoms with Crippen molar-refractivity contribution >= 4 is 15.8 Å². The number of pyridine rings is 1. The number of rotatable bonds is 6. The lowest BCUT2D eigenvalue weighted by Crippen LogP contribution is -2.29. The first-order valence-corrected chi connectivity index (χ1v) is 7.65. The topological polar surface area (TPSA) is 71.1 Å². The lowest BCUT2D eigenvalue weighted by molar-refractivity contribution is 0.492. The normalized spacial score (nSPS) is 17.4. The van der Waals surface area contributed by atoms with Crippen molar-refractivity contribution in [2.75, 3.05) is 18.9 Å². The molecule has 2 rings (SSSR count). The number of nitrogens with zero attached hydrogens (tertiary/aromatic N) is 1. The molecule has 1 aromatic heterocycles. The summed E-state index contributed by atoms with van der Waals surface area (Å²) in [6, 6.07) is 3.18. The molecule has 5 nitrogen and oxygen atoms in total. The highest BCUT2D eigenvalue weighted by Gasteiger charge is 2.29. The number of aromatic nitrogens is 1. The van der Waals surface area contributed by atoms with Gasteiger partial charge in [0.25, 0.3) is 0 Å². The summed E-state index contributed by atoms with van der Waals surface area (Å²) in [6.45, 7) is 2.58. The van der Waals surface area contributed by atoms with E-state index in [1.807, 2.05) is 0 Å². The van der Waals surface area contributed by atoms with E-state index in [0.717, 1.165) is 0 Å². The van der Waals surface area contributed by atoms with E-state index in [1.165, 1.54) is 12.8 Å². The number of nitrogens with one attached hydrogen (secondary N) is 2. The second-order valence-electron chi connectivity index (χ2n) is 4.77. The SMILES string of the molecule is CNc1ncccc1S(=O)(=O)NCC(C)C1CC1. The average Bonchev–Trinajstić information content (AvgIpc) is 3.20. The Morgan fingerprint density at radius 3 is 2.83 bits per heavy atom. The Bertz CT molecular complexity index is 512. The third kappa shape index (κ3) is 3.00. The first-order valence-electron chi connectivity index (χ1n) is 6.17. The van der Waals surface area contributed by atoms with Crippen molar-refractivity contribution in [1.82, 2.24) is 9.71 Å². The van der Waals surface area contributed by atoms with Gasteiger partial charge in [-0.3, -0.25) is 0 Å². The Kier molecular flexibility index (Phi) is 3.87. The van der Waals surface area contributed by atoms with Gasteiger partial charge in [-0.1, -0.05) is 6.92 Å². The fraction of sp³-hybridized carbons (Fsp3) is 0.583. The average molecular weight is 269 g/mol. The Labute approximate surface area is 108 Å². The van der Waals surface area contributed by atoms with Gasteiger partial charge >= 0.3 is 0 Å². The van der Waals surface area contributed by atoms with Crippen molar-refractivity contribution in [3.8, 4) is 0 Å². The van der Waals surface area contributed by atoms with Crippen molar-refractivity contribution in [1.29, 1.82) is 0 Å². The standard InChI is InChI=1S/C12H19N3O2S/c1-9(10-5-6-10)8-15-18(16,17)11-4-3-7-14-12(11)13-2/h3-4,7,9-10,15H,5-6,8H2,1-2H3,(H,13,14). The van der Waals surface area contributed by atoms with E-state index in [1.54, 1.807) is 25.4 Å². The zero-order valence-electron chi connectivity index (χ0n) is 10.7. The number of anilines is 1. The third-order valence-corrected chi connectivity index (χ3v) is 4.77. The highest BCUT2D eigenvalue weighted by atomic mass is 32.2. The molecule has 0 aliphatic heterocycles. The van der Waals surface area contributed by atoms with Gasteiger partial charge in [0.05, 0.1) is 0 Å². The van der Waals surface area contributed by atoms with Crippen LogP contribution >= 0.6 is 0 Å². The quantitative estimate of drug-likeness (QED) is 0.820. The van der Waals surface area contributed by atoms with Crippen molar-refractivity contribution in [2.24, 2.45) is 11.8 Å². The van der Waals surface area contributed by atoms with Crippen LogP contribution in [-0.2, 0) is 10.0 Å². The van der Waals surface area contributed by atoms with E-state index < -0.39 is 10.0 Å². The highest BCUT2D eigenvalue weighted by Crippen LogP contribution is 2.36. The van der Waals surface area contributed by atoms with Crippen LogP contribution in [0.15, 0.2) is 23.2 Å². The van der Waals surface area contributed by atoms with E-state index in [9.17, 15) is 8.42 Å². The number of hydrogen-bond donors (Lipinski definition) is 2. The molecular weight excluding hydrogens is 250 g/mol. The maximum absolute atomic E-state index is 12.2. The summed E-state index contributed by atoms with van der Waals surface area (Å²) in [6.07, 6.45) is 4.01. The summed E-state index contributed by atoms with van der Waals surface area (Å²) < 4.78 is 27.0. The molecule has 0 bridgehead atoms. The van der Waals surface area contributed by atoms with Crippen LogP contribution in [0.4, 0.5) is 5.82 Å². The van der Waals surface area contributed by atoms with Crippen LogP contribution in [0.3, 0.4) is 0 Å². The van der Waals surface area contributed by atoms with Crippen LogP contribution in [0.1, 0.15) is 19.8 Å². The first-order chi connectivity index (χ1) is 8.54. The summed E-state index contributed by atoms with van der Waals surface area (Å²) in [7, 11) is -1.82. The summed E-state index contributed by atoms with van der Waals surface area (Å²) in [4.78, 5) is 4.21. The van der Waals surface area contributed by atoms with Crippen LogP contribution < -0.4 is 10.0 Å². The van der Waals surface area contributed by atoms with Gasteiger partial charge in [0.1, 0.15) is 10.7 Å². The van der Waals surface area contributed by atoms with Crippen LogP contribution in [0.25, 0.3) is 0 Å². The third-order valence-electron chi connectivity index (χ3n) is 3.32. The summed E-state index contributed by atoms with van der Waals surface area (Å²) >= 11 is 0. The van der Waals surface area contributed by atoms with Crippen molar-refractivity contribution in [3.05, 3.63) is 18.3 Å². The van der Waals surface area contributed by atoms with Gasteiger partial charge in [0.15, 0.2) is 0 Å². The summed E-state index contributed by atoms with van der Waals surface area (Å²) in [5.74, 6) is 1.46. The van der Waals surface area contributed by atoms with Gasteiger partial charge in [-0.15, -0.1) is 0 Å². The van der Waals surface area contributed by atoms with Gasteiger partial charge < -0.3 is 5.32 Å². The molecule has 1 atom stereocenters. The Hall–Kier alpha value is -1.14. The van der Waals surface area contributed by atoms with Gasteiger partial charge in [-0.25, -0.2) is 18.1 Å². The molecule has 1 aliphatic carbocycles. The van der Waals surface area contributed by atoms with Crippen LogP contribution in [0.2, 0.25) is 0 Å². The molecule has 6 heteroatoms. The molecule has 0 radical (unpaired) electrons. The second kappa shape index (κ2) is 5.24. The molecule has 0 spiro atoms. The molecule has 1 saturated carbocycles. The summed E-state index contributed by atoms with van der Waals surface area (Å²) in [5.41, 5.74) is 0. The van der Waals surface area contributed by atoms with E-state index in [4.69, 9.17) is 0 Å². The minimum Gasteiger partial charge on any atom is -0.372 e. The molecule has 0 amide bonds. The fourth-order valence-corrected chi connectivity index (χ4v) is 3.25. The molecule has 2 N–H and O–H groups in total. The van der Waals surface area contributed by atoms with E-state index in [2.05, 4.69) is 21.9 Å². The molecule has 1 unspecified atom stereocenters. The van der Waals surface area contributed by atoms with Crippen molar-refractivity contribution in [2.45, 2.75) is 24.7 Å². The summed E-state index contributed by atoms with van der Waals surface area (Å²) in [5, 5.41) is 2.79. The predicted molar refractivity (Wildman–Crippen MR) is 70.9 cm³/mol. The molecule has 0 saturated heterocycles. The fourth-order valence-electron chi connectivity index (χ4n) is 1.95. The minimum atomic E-state index is -3.48. The zero-order valence-corrected chi connectivity index (χ0v) is 11.5. The molecule has 100 valence electrons. The predicted octanol–water partition coefficient (Wildman–Crippen LogP) is 1.45. The molecule has 1 aliphatic rings. The molecule has 18 heavy (non-hydrogen) atoms. The largest absolute Gasteiger partial charge is 0.372 e. The first kappa shape index (κ1) is 13.3. The van der Waals surface area contributed by atoms with Crippen molar-refractivity contribution in [3.63, 3.8) is 0 Å². The van der Waals surface area contributed by atoms with Gasteiger partial charge in [0.2, 0.25) is 10.0 Å². The number of sulfonamides is 1. The van der Waals surface area contributed by atoms with E-state index >= 15 is 0 Å². The van der Waals surface area contributed by atoms with Gasteiger partial charge in [0, 0.05) is 19.8 Å². The van der Waals surface area contributed by atoms with Crippen molar-refractivity contribution < 1.29 is 8.42 Å². The lowest BCUT2D eigenvalue weighted by atomic mass is 10.1. The minimum absolute atomic E-state index is 0.204. The molecule has 1 heterocycles. The Balaban J connectivity index is 2.09.